The number of fused-ring (bicyclic) bond motifs is 1. The average Bonchev–Trinajstić information content (AvgIpc) is 3.20. The molecule has 0 bridgehead atoms. The number of benzene rings is 1. The van der Waals surface area contributed by atoms with Crippen LogP contribution in [0.25, 0.3) is 5.65 Å². The summed E-state index contributed by atoms with van der Waals surface area (Å²) in [7, 11) is -3.55. The van der Waals surface area contributed by atoms with Crippen molar-refractivity contribution >= 4 is 27.3 Å². The first-order chi connectivity index (χ1) is 15.6. The van der Waals surface area contributed by atoms with Gasteiger partial charge in [0, 0.05) is 23.9 Å². The molecule has 0 aliphatic carbocycles. The number of nitrogens with one attached hydrogen (secondary N) is 2. The molecule has 1 aliphatic heterocycles. The van der Waals surface area contributed by atoms with E-state index in [4.69, 9.17) is 0 Å². The Morgan fingerprint density at radius 2 is 2.00 bits per heavy atom. The number of amides is 1. The zero-order chi connectivity index (χ0) is 23.9. The molecule has 2 aromatic heterocycles. The molecule has 9 nitrogen and oxygen atoms in total. The quantitative estimate of drug-likeness (QED) is 0.593. The van der Waals surface area contributed by atoms with E-state index in [-0.39, 0.29) is 23.2 Å². The van der Waals surface area contributed by atoms with Crippen molar-refractivity contribution in [2.45, 2.75) is 52.5 Å². The van der Waals surface area contributed by atoms with E-state index in [0.29, 0.717) is 29.0 Å². The minimum Gasteiger partial charge on any atom is -0.330 e. The minimum atomic E-state index is -3.55. The highest BCUT2D eigenvalue weighted by Crippen LogP contribution is 2.33. The number of aromatic amines is 1. The van der Waals surface area contributed by atoms with Crippen LogP contribution >= 0.6 is 0 Å². The van der Waals surface area contributed by atoms with Gasteiger partial charge in [0.15, 0.2) is 5.65 Å². The first-order valence-electron chi connectivity index (χ1n) is 11.1. The van der Waals surface area contributed by atoms with E-state index in [1.54, 1.807) is 30.9 Å². The number of H-pyrrole nitrogens is 1. The fraction of sp³-hybridized carbons (Fsp3) is 0.435. The molecule has 1 amide bonds. The van der Waals surface area contributed by atoms with Crippen LogP contribution in [0.3, 0.4) is 0 Å². The third-order valence-corrected chi connectivity index (χ3v) is 6.83. The summed E-state index contributed by atoms with van der Waals surface area (Å²) in [5.74, 6) is -0.243. The molecule has 0 radical (unpaired) electrons. The Labute approximate surface area is 192 Å². The van der Waals surface area contributed by atoms with Gasteiger partial charge in [0.2, 0.25) is 10.0 Å². The number of hydrogen-bond donors (Lipinski definition) is 2. The zero-order valence-electron chi connectivity index (χ0n) is 19.3. The smallest absolute Gasteiger partial charge is 0.275 e. The molecule has 176 valence electrons. The number of piperidine rings is 1. The summed E-state index contributed by atoms with van der Waals surface area (Å²) in [4.78, 5) is 32.7. The monoisotopic (exact) mass is 471 g/mol. The van der Waals surface area contributed by atoms with Gasteiger partial charge < -0.3 is 4.90 Å². The Hall–Kier alpha value is -3.14. The molecule has 3 heterocycles. The third-order valence-electron chi connectivity index (χ3n) is 6.24. The van der Waals surface area contributed by atoms with Gasteiger partial charge in [-0.25, -0.2) is 17.9 Å². The van der Waals surface area contributed by atoms with Crippen LogP contribution in [-0.2, 0) is 16.4 Å². The van der Waals surface area contributed by atoms with Gasteiger partial charge in [-0.1, -0.05) is 13.0 Å². The lowest BCUT2D eigenvalue weighted by molar-refractivity contribution is 0.0606. The fourth-order valence-corrected chi connectivity index (χ4v) is 4.92. The van der Waals surface area contributed by atoms with Gasteiger partial charge in [-0.2, -0.15) is 0 Å². The van der Waals surface area contributed by atoms with Gasteiger partial charge >= 0.3 is 0 Å². The Morgan fingerprint density at radius 3 is 2.70 bits per heavy atom. The number of carbonyl (C=O) groups excluding carboxylic acids is 1. The van der Waals surface area contributed by atoms with Crippen LogP contribution < -0.4 is 10.3 Å². The van der Waals surface area contributed by atoms with E-state index >= 15 is 0 Å². The van der Waals surface area contributed by atoms with E-state index in [2.05, 4.69) is 14.8 Å². The van der Waals surface area contributed by atoms with E-state index < -0.39 is 10.0 Å². The number of rotatable bonds is 5. The second kappa shape index (κ2) is 8.66. The SMILES string of the molecule is CCc1ccc(NS(C)(=O)=O)c(C(=O)N2CCCC[C@H]2c2cc3nc(C)c(C)c(=O)n3[nH]2)c1. The highest BCUT2D eigenvalue weighted by atomic mass is 32.2. The lowest BCUT2D eigenvalue weighted by Gasteiger charge is -2.35. The number of aryl methyl sites for hydroxylation is 2. The Morgan fingerprint density at radius 1 is 1.24 bits per heavy atom. The van der Waals surface area contributed by atoms with Crippen LogP contribution in [0.1, 0.15) is 65.1 Å². The lowest BCUT2D eigenvalue weighted by Crippen LogP contribution is -2.39. The van der Waals surface area contributed by atoms with Crippen molar-refractivity contribution in [3.63, 3.8) is 0 Å². The van der Waals surface area contributed by atoms with Gasteiger partial charge in [0.05, 0.1) is 29.2 Å². The highest BCUT2D eigenvalue weighted by Gasteiger charge is 2.32. The molecule has 33 heavy (non-hydrogen) atoms. The number of hydrogen-bond acceptors (Lipinski definition) is 5. The summed E-state index contributed by atoms with van der Waals surface area (Å²) in [6.45, 7) is 6.06. The molecule has 1 saturated heterocycles. The summed E-state index contributed by atoms with van der Waals surface area (Å²) in [5, 5.41) is 3.15. The normalized spacial score (nSPS) is 16.8. The van der Waals surface area contributed by atoms with Crippen LogP contribution in [0, 0.1) is 13.8 Å². The largest absolute Gasteiger partial charge is 0.330 e. The third kappa shape index (κ3) is 4.52. The summed E-state index contributed by atoms with van der Waals surface area (Å²) < 4.78 is 27.7. The maximum atomic E-state index is 13.7. The van der Waals surface area contributed by atoms with Gasteiger partial charge in [0.1, 0.15) is 0 Å². The molecule has 1 aliphatic rings. The number of likely N-dealkylation sites (tertiary alicyclic amines) is 1. The van der Waals surface area contributed by atoms with E-state index in [9.17, 15) is 18.0 Å². The van der Waals surface area contributed by atoms with Crippen LogP contribution in [0.2, 0.25) is 0 Å². The van der Waals surface area contributed by atoms with Crippen LogP contribution in [0.15, 0.2) is 29.1 Å². The van der Waals surface area contributed by atoms with Crippen molar-refractivity contribution in [1.29, 1.82) is 0 Å². The molecule has 4 rings (SSSR count). The number of anilines is 1. The van der Waals surface area contributed by atoms with Crippen LogP contribution in [0.4, 0.5) is 5.69 Å². The zero-order valence-corrected chi connectivity index (χ0v) is 20.1. The van der Waals surface area contributed by atoms with Crippen molar-refractivity contribution < 1.29 is 13.2 Å². The molecule has 10 heteroatoms. The summed E-state index contributed by atoms with van der Waals surface area (Å²) in [6, 6.07) is 6.76. The highest BCUT2D eigenvalue weighted by molar-refractivity contribution is 7.92. The van der Waals surface area contributed by atoms with Crippen molar-refractivity contribution in [2.75, 3.05) is 17.5 Å². The van der Waals surface area contributed by atoms with Crippen molar-refractivity contribution in [1.82, 2.24) is 19.5 Å². The molecule has 2 N–H and O–H groups in total. The molecule has 0 unspecified atom stereocenters. The molecule has 0 spiro atoms. The summed E-state index contributed by atoms with van der Waals surface area (Å²) in [6.07, 6.45) is 4.30. The Kier molecular flexibility index (Phi) is 6.04. The maximum Gasteiger partial charge on any atom is 0.275 e. The number of nitrogens with zero attached hydrogens (tertiary/aromatic N) is 3. The Balaban J connectivity index is 1.77. The van der Waals surface area contributed by atoms with Crippen molar-refractivity contribution in [3.8, 4) is 0 Å². The predicted octanol–water partition coefficient (Wildman–Crippen LogP) is 2.94. The molecule has 0 saturated carbocycles. The molecule has 1 atom stereocenters. The molecular weight excluding hydrogens is 442 g/mol. The van der Waals surface area contributed by atoms with Gasteiger partial charge in [0.25, 0.3) is 11.5 Å². The second-order valence-electron chi connectivity index (χ2n) is 8.65. The summed E-state index contributed by atoms with van der Waals surface area (Å²) >= 11 is 0. The van der Waals surface area contributed by atoms with E-state index in [1.807, 2.05) is 19.1 Å². The topological polar surface area (TPSA) is 117 Å². The van der Waals surface area contributed by atoms with Crippen molar-refractivity contribution in [3.05, 3.63) is 62.7 Å². The van der Waals surface area contributed by atoms with Crippen LogP contribution in [0.5, 0.6) is 0 Å². The first-order valence-corrected chi connectivity index (χ1v) is 13.0. The lowest BCUT2D eigenvalue weighted by atomic mass is 9.97. The average molecular weight is 472 g/mol. The minimum absolute atomic E-state index is 0.160. The maximum absolute atomic E-state index is 13.7. The molecular formula is C23H29N5O4S. The van der Waals surface area contributed by atoms with Crippen LogP contribution in [-0.4, -0.2) is 46.6 Å². The first kappa shape index (κ1) is 23.0. The Bertz CT molecular complexity index is 1390. The van der Waals surface area contributed by atoms with E-state index in [1.165, 1.54) is 4.52 Å². The number of carbonyl (C=O) groups is 1. The standard InChI is InChI=1S/C23H29N5O4S/c1-5-16-9-10-18(26-33(4,31)32)17(12-16)23(30)27-11-7-6-8-20(27)19-13-21-24-15(3)14(2)22(29)28(21)25-19/h9-10,12-13,20,25-26H,5-8,11H2,1-4H3/t20-/m0/s1. The fourth-order valence-electron chi connectivity index (χ4n) is 4.34. The predicted molar refractivity (Wildman–Crippen MR) is 127 cm³/mol. The van der Waals surface area contributed by atoms with Gasteiger partial charge in [-0.05, 0) is 57.2 Å². The van der Waals surface area contributed by atoms with Crippen molar-refractivity contribution in [2.24, 2.45) is 0 Å². The number of sulfonamides is 1. The molecule has 1 fully saturated rings. The van der Waals surface area contributed by atoms with Gasteiger partial charge in [-0.15, -0.1) is 0 Å². The molecule has 3 aromatic rings. The number of aromatic nitrogens is 3. The van der Waals surface area contributed by atoms with Gasteiger partial charge in [-0.3, -0.25) is 19.4 Å². The second-order valence-corrected chi connectivity index (χ2v) is 10.4. The summed E-state index contributed by atoms with van der Waals surface area (Å²) in [5.41, 5.74) is 3.88. The van der Waals surface area contributed by atoms with E-state index in [0.717, 1.165) is 43.2 Å². The molecule has 1 aromatic carbocycles.